The van der Waals surface area contributed by atoms with Crippen LogP contribution in [-0.2, 0) is 4.79 Å². The number of benzene rings is 2. The van der Waals surface area contributed by atoms with E-state index < -0.39 is 0 Å². The Balaban J connectivity index is 1.75. The summed E-state index contributed by atoms with van der Waals surface area (Å²) in [7, 11) is 4.05. The zero-order valence-corrected chi connectivity index (χ0v) is 17.8. The lowest BCUT2D eigenvalue weighted by atomic mass is 9.97. The number of carbonyl (C=O) groups is 1. The molecule has 2 aromatic carbocycles. The number of amides is 1. The molecule has 0 spiro atoms. The van der Waals surface area contributed by atoms with Gasteiger partial charge in [-0.15, -0.1) is 0 Å². The van der Waals surface area contributed by atoms with Gasteiger partial charge >= 0.3 is 0 Å². The topological polar surface area (TPSA) is 82.4 Å². The number of nitrogens with zero attached hydrogens (tertiary/aromatic N) is 1. The maximum Gasteiger partial charge on any atom is 0.231 e. The van der Waals surface area contributed by atoms with E-state index in [9.17, 15) is 4.79 Å². The quantitative estimate of drug-likeness (QED) is 0.604. The highest BCUT2D eigenvalue weighted by Gasteiger charge is 2.32. The Kier molecular flexibility index (Phi) is 6.90. The molecule has 0 aliphatic carbocycles. The molecule has 1 saturated heterocycles. The van der Waals surface area contributed by atoms with Crippen molar-refractivity contribution < 1.29 is 4.79 Å². The van der Waals surface area contributed by atoms with Crippen molar-refractivity contribution in [3.8, 4) is 11.1 Å². The van der Waals surface area contributed by atoms with Crippen LogP contribution in [0.4, 0.5) is 11.4 Å². The Labute approximate surface area is 173 Å². The number of carbonyl (C=O) groups excluding carboxylic acids is 1. The van der Waals surface area contributed by atoms with Gasteiger partial charge in [-0.05, 0) is 55.7 Å². The highest BCUT2D eigenvalue weighted by atomic mass is 16.2. The van der Waals surface area contributed by atoms with Crippen LogP contribution < -0.4 is 26.6 Å². The van der Waals surface area contributed by atoms with Gasteiger partial charge in [0.15, 0.2) is 0 Å². The Morgan fingerprint density at radius 1 is 1.10 bits per heavy atom. The van der Waals surface area contributed by atoms with Gasteiger partial charge < -0.3 is 16.0 Å². The Hall–Kier alpha value is -2.41. The highest BCUT2D eigenvalue weighted by Crippen LogP contribution is 2.26. The van der Waals surface area contributed by atoms with Gasteiger partial charge in [0.1, 0.15) is 0 Å². The molecule has 29 heavy (non-hydrogen) atoms. The molecule has 1 amide bonds. The molecule has 1 aliphatic rings. The van der Waals surface area contributed by atoms with Crippen LogP contribution in [0, 0.1) is 5.92 Å². The monoisotopic (exact) mass is 395 g/mol. The molecule has 0 radical (unpaired) electrons. The fraction of sp³-hybridized carbons (Fsp3) is 0.435. The predicted octanol–water partition coefficient (Wildman–Crippen LogP) is 2.62. The smallest absolute Gasteiger partial charge is 0.231 e. The summed E-state index contributed by atoms with van der Waals surface area (Å²) >= 11 is 0. The van der Waals surface area contributed by atoms with Crippen molar-refractivity contribution in [3.63, 3.8) is 0 Å². The van der Waals surface area contributed by atoms with Gasteiger partial charge in [-0.2, -0.15) is 0 Å². The van der Waals surface area contributed by atoms with Crippen molar-refractivity contribution in [1.82, 2.24) is 10.6 Å². The van der Waals surface area contributed by atoms with Crippen molar-refractivity contribution in [2.24, 2.45) is 11.7 Å². The number of hydrogen-bond donors (Lipinski definition) is 4. The minimum Gasteiger partial charge on any atom is -0.378 e. The van der Waals surface area contributed by atoms with Gasteiger partial charge in [0, 0.05) is 44.1 Å². The Morgan fingerprint density at radius 3 is 2.34 bits per heavy atom. The van der Waals surface area contributed by atoms with Crippen LogP contribution in [-0.4, -0.2) is 44.8 Å². The molecule has 1 fully saturated rings. The van der Waals surface area contributed by atoms with Gasteiger partial charge in [0.2, 0.25) is 5.91 Å². The second kappa shape index (κ2) is 9.39. The lowest BCUT2D eigenvalue weighted by Gasteiger charge is -2.38. The van der Waals surface area contributed by atoms with Crippen molar-refractivity contribution in [1.29, 1.82) is 0 Å². The lowest BCUT2D eigenvalue weighted by Crippen LogP contribution is -2.62. The number of hydrogen-bond acceptors (Lipinski definition) is 5. The summed E-state index contributed by atoms with van der Waals surface area (Å²) in [5.41, 5.74) is 10.1. The summed E-state index contributed by atoms with van der Waals surface area (Å²) in [6.45, 7) is 4.56. The van der Waals surface area contributed by atoms with Gasteiger partial charge in [0.05, 0.1) is 12.1 Å². The summed E-state index contributed by atoms with van der Waals surface area (Å²) in [5, 5.41) is 9.98. The molecule has 3 atom stereocenters. The predicted molar refractivity (Wildman–Crippen MR) is 121 cm³/mol. The third-order valence-corrected chi connectivity index (χ3v) is 5.45. The van der Waals surface area contributed by atoms with E-state index in [0.29, 0.717) is 12.1 Å². The molecule has 0 bridgehead atoms. The zero-order valence-electron chi connectivity index (χ0n) is 17.8. The standard InChI is InChI=1S/C23H33N5O/c1-15-11-16(2)26-22(25-15)21(14-24)23(29)27-19-9-5-7-17(12-19)18-8-6-10-20(13-18)28(3)4/h5-10,12-13,15-16,21-22,25-26H,11,14,24H2,1-4H3,(H,27,29). The average Bonchev–Trinajstić information content (AvgIpc) is 2.68. The molecule has 3 rings (SSSR count). The van der Waals surface area contributed by atoms with Gasteiger partial charge in [-0.1, -0.05) is 24.3 Å². The van der Waals surface area contributed by atoms with Crippen LogP contribution in [0.25, 0.3) is 11.1 Å². The third-order valence-electron chi connectivity index (χ3n) is 5.45. The maximum atomic E-state index is 13.0. The molecule has 2 aromatic rings. The molecule has 1 aliphatic heterocycles. The summed E-state index contributed by atoms with van der Waals surface area (Å²) in [5.74, 6) is -0.418. The van der Waals surface area contributed by atoms with E-state index in [4.69, 9.17) is 5.73 Å². The molecule has 6 heteroatoms. The molecular weight excluding hydrogens is 362 g/mol. The van der Waals surface area contributed by atoms with Crippen molar-refractivity contribution >= 4 is 17.3 Å². The third kappa shape index (κ3) is 5.35. The van der Waals surface area contributed by atoms with Crippen LogP contribution >= 0.6 is 0 Å². The van der Waals surface area contributed by atoms with Gasteiger partial charge in [0.25, 0.3) is 0 Å². The van der Waals surface area contributed by atoms with E-state index in [-0.39, 0.29) is 24.5 Å². The molecule has 3 unspecified atom stereocenters. The molecule has 0 aromatic heterocycles. The normalized spacial score (nSPS) is 22.7. The van der Waals surface area contributed by atoms with Crippen molar-refractivity contribution in [3.05, 3.63) is 48.5 Å². The van der Waals surface area contributed by atoms with Crippen molar-refractivity contribution in [2.75, 3.05) is 30.9 Å². The second-order valence-corrected chi connectivity index (χ2v) is 8.21. The fourth-order valence-corrected chi connectivity index (χ4v) is 3.93. The molecule has 1 heterocycles. The summed E-state index contributed by atoms with van der Waals surface area (Å²) in [6, 6.07) is 17.0. The van der Waals surface area contributed by atoms with Crippen LogP contribution in [0.5, 0.6) is 0 Å². The van der Waals surface area contributed by atoms with Gasteiger partial charge in [-0.25, -0.2) is 0 Å². The number of anilines is 2. The van der Waals surface area contributed by atoms with E-state index >= 15 is 0 Å². The Morgan fingerprint density at radius 2 is 1.72 bits per heavy atom. The van der Waals surface area contributed by atoms with E-state index in [0.717, 1.165) is 28.9 Å². The molecular formula is C23H33N5O. The fourth-order valence-electron chi connectivity index (χ4n) is 3.93. The van der Waals surface area contributed by atoms with Crippen LogP contribution in [0.2, 0.25) is 0 Å². The van der Waals surface area contributed by atoms with Crippen LogP contribution in [0.15, 0.2) is 48.5 Å². The molecule has 156 valence electrons. The largest absolute Gasteiger partial charge is 0.378 e. The minimum atomic E-state index is -0.346. The first-order valence-corrected chi connectivity index (χ1v) is 10.3. The Bertz CT molecular complexity index is 828. The first kappa shape index (κ1) is 21.3. The van der Waals surface area contributed by atoms with E-state index in [1.807, 2.05) is 38.4 Å². The lowest BCUT2D eigenvalue weighted by molar-refractivity contribution is -0.121. The van der Waals surface area contributed by atoms with Crippen LogP contribution in [0.3, 0.4) is 0 Å². The number of nitrogens with two attached hydrogens (primary N) is 1. The molecule has 6 nitrogen and oxygen atoms in total. The first-order valence-electron chi connectivity index (χ1n) is 10.3. The molecule has 0 saturated carbocycles. The zero-order chi connectivity index (χ0) is 21.0. The summed E-state index contributed by atoms with van der Waals surface area (Å²) in [6.07, 6.45) is 0.905. The van der Waals surface area contributed by atoms with Gasteiger partial charge in [-0.3, -0.25) is 15.4 Å². The second-order valence-electron chi connectivity index (χ2n) is 8.21. The van der Waals surface area contributed by atoms with Crippen molar-refractivity contribution in [2.45, 2.75) is 38.5 Å². The number of rotatable bonds is 6. The highest BCUT2D eigenvalue weighted by molar-refractivity contribution is 5.94. The van der Waals surface area contributed by atoms with E-state index in [1.165, 1.54) is 0 Å². The maximum absolute atomic E-state index is 13.0. The average molecular weight is 396 g/mol. The van der Waals surface area contributed by atoms with E-state index in [1.54, 1.807) is 0 Å². The summed E-state index contributed by atoms with van der Waals surface area (Å²) < 4.78 is 0. The SMILES string of the molecule is CC1CC(C)NC(C(CN)C(=O)Nc2cccc(-c3cccc(N(C)C)c3)c2)N1. The van der Waals surface area contributed by atoms with E-state index in [2.05, 4.69) is 59.0 Å². The number of nitrogens with one attached hydrogen (secondary N) is 3. The van der Waals surface area contributed by atoms with Crippen LogP contribution in [0.1, 0.15) is 20.3 Å². The molecule has 5 N–H and O–H groups in total. The first-order chi connectivity index (χ1) is 13.9. The summed E-state index contributed by atoms with van der Waals surface area (Å²) in [4.78, 5) is 15.0. The minimum absolute atomic E-state index is 0.0713.